The van der Waals surface area contributed by atoms with Gasteiger partial charge in [0.2, 0.25) is 0 Å². The molecule has 10 heterocycles. The van der Waals surface area contributed by atoms with Crippen molar-refractivity contribution in [2.24, 2.45) is 21.1 Å². The molecule has 2 amide bonds. The number of aromatic nitrogens is 9. The number of rotatable bonds is 22. The molecule has 30 heteroatoms. The number of hydrogen-bond donors (Lipinski definition) is 1. The van der Waals surface area contributed by atoms with Gasteiger partial charge in [0.15, 0.2) is 18.3 Å². The number of carbonyl (C=O) groups is 5. The Labute approximate surface area is 867 Å². The molecule has 9 aromatic carbocycles. The Balaban J connectivity index is 0.000000143. The lowest BCUT2D eigenvalue weighted by atomic mass is 9.86. The number of likely N-dealkylation sites (tertiary alicyclic amines) is 2. The van der Waals surface area contributed by atoms with Crippen molar-refractivity contribution in [2.75, 3.05) is 52.6 Å². The van der Waals surface area contributed by atoms with Gasteiger partial charge in [-0.15, -0.1) is 34.0 Å². The summed E-state index contributed by atoms with van der Waals surface area (Å²) in [6.07, 6.45) is 9.60. The lowest BCUT2D eigenvalue weighted by Gasteiger charge is -2.32. The van der Waals surface area contributed by atoms with E-state index in [-0.39, 0.29) is 49.1 Å². The molecule has 5 fully saturated rings. The molecule has 6 aromatic heterocycles. The molecule has 4 aliphatic heterocycles. The minimum Gasteiger partial charge on any atom is -0.479 e. The summed E-state index contributed by atoms with van der Waals surface area (Å²) < 4.78 is 50.3. The number of halogens is 3. The summed E-state index contributed by atoms with van der Waals surface area (Å²) in [5, 5.41) is 33.3. The standard InChI is InChI=1S/C40H45ClN4O5S.C38H41ClN4O5S.C36H40ClN3O3S/c1-7-48-39(47)35(50-40(3,4)5)32-23(2)21-29-36(33(32)24-10-13-27(41)14-11-24)51-37(42-29)26-12-15-30-28(22-26)34(43-44(30)6)25-16-18-45(19-17-25)38(46)31-9-8-20-49-31;1-21-19-27-34(31(22-8-11-25(39)12-9-22)30(21)33(37(45)46)48-38(2,3)4)49-35(40-27)24-10-13-28-26(20-24)32(41-42(28)5)23-14-16-43(17-15-23)36(44)29-7-6-18-47-29;1-7-42-35(41)32(43-36(3,4)5)29-21(2)19-27-33(30(29)22-13-16-25(37)17-14-22)44-34(38-27)24-15-18-28-26(20-24)31(39-40(28)6)23-11-9-8-10-12-23/h10-15,21-22,25,31,35H,7-9,16-20H2,1-6H3;8-13,19-20,23,29,33H,6-7,14-18H2,1-5H3,(H,45,46);13-20,23,32H,7-12H2,1-6H3/t31-,35+;29-,33+;32-/m110/s1. The first-order valence-electron chi connectivity index (χ1n) is 50.2. The van der Waals surface area contributed by atoms with Crippen LogP contribution in [0.4, 0.5) is 0 Å². The number of fused-ring (bicyclic) bond motifs is 6. The van der Waals surface area contributed by atoms with Crippen molar-refractivity contribution in [3.8, 4) is 65.1 Å². The molecule has 0 bridgehead atoms. The van der Waals surface area contributed by atoms with E-state index < -0.39 is 53.0 Å². The van der Waals surface area contributed by atoms with E-state index in [1.165, 1.54) is 43.2 Å². The van der Waals surface area contributed by atoms with E-state index in [1.54, 1.807) is 40.9 Å². The van der Waals surface area contributed by atoms with Gasteiger partial charge in [-0.3, -0.25) is 23.6 Å². The van der Waals surface area contributed by atoms with Crippen molar-refractivity contribution < 1.29 is 62.2 Å². The second-order valence-corrected chi connectivity index (χ2v) is 45.8. The third-order valence-corrected chi connectivity index (χ3v) is 31.9. The fourth-order valence-corrected chi connectivity index (χ4v) is 24.9. The zero-order chi connectivity index (χ0) is 102. The van der Waals surface area contributed by atoms with Gasteiger partial charge in [-0.05, 0) is 304 Å². The monoisotopic (exact) mass is 2060 g/mol. The largest absolute Gasteiger partial charge is 0.479 e. The first kappa shape index (κ1) is 103. The number of aryl methyl sites for hydroxylation is 6. The molecule has 4 saturated heterocycles. The third kappa shape index (κ3) is 22.1. The summed E-state index contributed by atoms with van der Waals surface area (Å²) in [4.78, 5) is 85.1. The van der Waals surface area contributed by atoms with Crippen molar-refractivity contribution >= 4 is 162 Å². The molecule has 0 unspecified atom stereocenters. The van der Waals surface area contributed by atoms with Crippen molar-refractivity contribution in [3.63, 3.8) is 0 Å². The van der Waals surface area contributed by atoms with Crippen LogP contribution in [0.1, 0.15) is 246 Å². The molecule has 20 rings (SSSR count). The van der Waals surface area contributed by atoms with Crippen LogP contribution < -0.4 is 0 Å². The Morgan fingerprint density at radius 1 is 0.396 bits per heavy atom. The molecule has 1 N–H and O–H groups in total. The second kappa shape index (κ2) is 42.9. The van der Waals surface area contributed by atoms with Gasteiger partial charge >= 0.3 is 17.9 Å². The smallest absolute Gasteiger partial charge is 0.339 e. The van der Waals surface area contributed by atoms with Crippen LogP contribution in [-0.2, 0) is 78.3 Å². The molecule has 1 aliphatic carbocycles. The highest BCUT2D eigenvalue weighted by atomic mass is 35.5. The number of benzene rings is 9. The van der Waals surface area contributed by atoms with Crippen LogP contribution in [-0.4, -0.2) is 171 Å². The topological polar surface area (TPSA) is 269 Å². The average molecular weight is 2060 g/mol. The molecule has 15 aromatic rings. The predicted molar refractivity (Wildman–Crippen MR) is 576 cm³/mol. The number of carboxylic acid groups (broad SMARTS) is 1. The number of esters is 2. The third-order valence-electron chi connectivity index (χ3n) is 27.8. The number of hydrogen-bond acceptors (Lipinski definition) is 21. The first-order chi connectivity index (χ1) is 68.8. The van der Waals surface area contributed by atoms with Crippen LogP contribution in [0.3, 0.4) is 0 Å². The summed E-state index contributed by atoms with van der Waals surface area (Å²) in [5.41, 5.74) is 20.3. The maximum absolute atomic E-state index is 13.6. The van der Waals surface area contributed by atoms with Gasteiger partial charge in [0.25, 0.3) is 11.8 Å². The van der Waals surface area contributed by atoms with Crippen molar-refractivity contribution in [2.45, 2.75) is 245 Å². The fraction of sp³-hybridized carbons (Fsp3) is 0.430. The van der Waals surface area contributed by atoms with Gasteiger partial charge < -0.3 is 48.1 Å². The molecular weight excluding hydrogens is 1930 g/mol. The Morgan fingerprint density at radius 3 is 0.972 bits per heavy atom. The van der Waals surface area contributed by atoms with E-state index in [0.29, 0.717) is 65.9 Å². The zero-order valence-electron chi connectivity index (χ0n) is 84.9. The number of amides is 2. The predicted octanol–water partition coefficient (Wildman–Crippen LogP) is 27.0. The van der Waals surface area contributed by atoms with Crippen LogP contribution in [0.25, 0.3) is 128 Å². The Morgan fingerprint density at radius 2 is 0.688 bits per heavy atom. The summed E-state index contributed by atoms with van der Waals surface area (Å²) >= 11 is 23.7. The Kier molecular flexibility index (Phi) is 30.7. The van der Waals surface area contributed by atoms with Crippen molar-refractivity contribution in [1.29, 1.82) is 0 Å². The van der Waals surface area contributed by atoms with Crippen LogP contribution in [0.15, 0.2) is 146 Å². The summed E-state index contributed by atoms with van der Waals surface area (Å²) in [6.45, 7) is 31.5. The second-order valence-electron chi connectivity index (χ2n) is 41.5. The lowest BCUT2D eigenvalue weighted by molar-refractivity contribution is -0.167. The minimum absolute atomic E-state index is 0.121. The highest BCUT2D eigenvalue weighted by molar-refractivity contribution is 7.23. The number of piperidine rings is 2. The van der Waals surface area contributed by atoms with Crippen molar-refractivity contribution in [1.82, 2.24) is 54.1 Å². The molecule has 144 heavy (non-hydrogen) atoms. The van der Waals surface area contributed by atoms with E-state index in [4.69, 9.17) is 98.2 Å². The molecule has 5 aliphatic rings. The van der Waals surface area contributed by atoms with Gasteiger partial charge in [-0.25, -0.2) is 29.3 Å². The van der Waals surface area contributed by atoms with Crippen molar-refractivity contribution in [3.05, 3.63) is 211 Å². The van der Waals surface area contributed by atoms with Crippen LogP contribution in [0.2, 0.25) is 15.1 Å². The molecule has 0 radical (unpaired) electrons. The van der Waals surface area contributed by atoms with Gasteiger partial charge in [-0.1, -0.05) is 90.5 Å². The SMILES string of the molecule is CCOC(=O)[C@@H](OC(C)(C)C)c1c(C)cc2nc(-c3ccc4c(c3)c(C3CCCCC3)nn4C)sc2c1-c1ccc(Cl)cc1.CCOC(=O)[C@@H](OC(C)(C)C)c1c(C)cc2nc(-c3ccc4c(c3)c(C3CCN(C(=O)[C@H]5CCCO5)CC3)nn4C)sc2c1-c1ccc(Cl)cc1.Cc1cc2nc(-c3ccc4c(c3)c(C3CCN(C(=O)[C@H]5CCCO5)CC3)nn4C)sc2c(-c2ccc(Cl)cc2)c1[C@H](OC(C)(C)C)C(=O)O. The highest BCUT2D eigenvalue weighted by Crippen LogP contribution is 2.52. The fourth-order valence-electron chi connectivity index (χ4n) is 21.2. The minimum atomic E-state index is -1.18. The van der Waals surface area contributed by atoms with E-state index in [0.717, 1.165) is 214 Å². The number of carbonyl (C=O) groups excluding carboxylic acids is 4. The van der Waals surface area contributed by atoms with E-state index in [9.17, 15) is 29.1 Å². The molecular formula is C114H126Cl3N11O13S3. The van der Waals surface area contributed by atoms with Crippen LogP contribution in [0.5, 0.6) is 0 Å². The summed E-state index contributed by atoms with van der Waals surface area (Å²) in [6, 6.07) is 48.3. The van der Waals surface area contributed by atoms with Crippen LogP contribution in [0, 0.1) is 20.8 Å². The van der Waals surface area contributed by atoms with Gasteiger partial charge in [0, 0.05) is 160 Å². The number of thiazole rings is 3. The van der Waals surface area contributed by atoms with E-state index >= 15 is 0 Å². The van der Waals surface area contributed by atoms with E-state index in [2.05, 4.69) is 60.7 Å². The molecule has 24 nitrogen and oxygen atoms in total. The van der Waals surface area contributed by atoms with Gasteiger partial charge in [0.1, 0.15) is 27.2 Å². The molecule has 1 saturated carbocycles. The quantitative estimate of drug-likeness (QED) is 0.0618. The van der Waals surface area contributed by atoms with E-state index in [1.807, 2.05) is 220 Å². The molecule has 5 atom stereocenters. The van der Waals surface area contributed by atoms with Gasteiger partial charge in [0.05, 0.1) is 94.3 Å². The lowest BCUT2D eigenvalue weighted by Crippen LogP contribution is -2.43. The Bertz CT molecular complexity index is 7330. The number of carboxylic acids is 1. The highest BCUT2D eigenvalue weighted by Gasteiger charge is 2.41. The number of aliphatic carboxylic acids is 1. The number of nitrogens with zero attached hydrogens (tertiary/aromatic N) is 11. The first-order valence-corrected chi connectivity index (χ1v) is 53.8. The molecule has 0 spiro atoms. The number of ether oxygens (including phenoxy) is 7. The normalized spacial score (nSPS) is 17.1. The maximum atomic E-state index is 13.6. The van der Waals surface area contributed by atoms with Crippen LogP contribution >= 0.6 is 68.8 Å². The average Bonchev–Trinajstić information content (AvgIpc) is 1.49. The maximum Gasteiger partial charge on any atom is 0.339 e. The zero-order valence-corrected chi connectivity index (χ0v) is 89.7. The Hall–Kier alpha value is -10.9. The molecule has 754 valence electrons. The summed E-state index contributed by atoms with van der Waals surface area (Å²) in [5.74, 6) is -0.636. The summed E-state index contributed by atoms with van der Waals surface area (Å²) in [7, 11) is 6.00. The van der Waals surface area contributed by atoms with Gasteiger partial charge in [-0.2, -0.15) is 15.3 Å².